The number of rotatable bonds is 7. The summed E-state index contributed by atoms with van der Waals surface area (Å²) in [6, 6.07) is 10.4. The van der Waals surface area contributed by atoms with Crippen LogP contribution in [0.3, 0.4) is 0 Å². The van der Waals surface area contributed by atoms with Crippen LogP contribution in [0.2, 0.25) is 0 Å². The number of nitrogens with zero attached hydrogens (tertiary/aromatic N) is 1. The smallest absolute Gasteiger partial charge is 0.330 e. The Hall–Kier alpha value is -1.65. The Morgan fingerprint density at radius 3 is 2.68 bits per heavy atom. The number of hydrogen-bond acceptors (Lipinski definition) is 4. The minimum Gasteiger partial charge on any atom is -0.463 e. The highest BCUT2D eigenvalue weighted by Crippen LogP contribution is 2.12. The maximum absolute atomic E-state index is 11.8. The van der Waals surface area contributed by atoms with Crippen LogP contribution in [0.15, 0.2) is 42.0 Å². The van der Waals surface area contributed by atoms with Gasteiger partial charge in [0.2, 0.25) is 0 Å². The predicted octanol–water partition coefficient (Wildman–Crippen LogP) is 2.44. The number of hydrogen-bond donors (Lipinski definition) is 0. The first-order valence-electron chi connectivity index (χ1n) is 7.98. The van der Waals surface area contributed by atoms with Crippen molar-refractivity contribution in [3.8, 4) is 0 Å². The molecule has 0 bridgehead atoms. The molecule has 22 heavy (non-hydrogen) atoms. The minimum atomic E-state index is -0.237. The molecule has 0 radical (unpaired) electrons. The maximum Gasteiger partial charge on any atom is 0.330 e. The molecule has 0 spiro atoms. The van der Waals surface area contributed by atoms with Crippen molar-refractivity contribution in [1.29, 1.82) is 0 Å². The van der Waals surface area contributed by atoms with Gasteiger partial charge in [0.15, 0.2) is 0 Å². The fourth-order valence-electron chi connectivity index (χ4n) is 2.54. The first-order valence-corrected chi connectivity index (χ1v) is 7.98. The van der Waals surface area contributed by atoms with E-state index in [1.54, 1.807) is 6.08 Å². The zero-order valence-corrected chi connectivity index (χ0v) is 13.3. The molecule has 0 amide bonds. The number of aryl methyl sites for hydroxylation is 1. The van der Waals surface area contributed by atoms with Gasteiger partial charge in [-0.1, -0.05) is 30.3 Å². The molecule has 0 unspecified atom stereocenters. The van der Waals surface area contributed by atoms with Crippen LogP contribution in [-0.4, -0.2) is 50.3 Å². The van der Waals surface area contributed by atoms with Gasteiger partial charge in [-0.25, -0.2) is 4.79 Å². The van der Waals surface area contributed by atoms with Crippen LogP contribution < -0.4 is 0 Å². The van der Waals surface area contributed by atoms with E-state index in [0.717, 1.165) is 51.3 Å². The minimum absolute atomic E-state index is 0.237. The van der Waals surface area contributed by atoms with E-state index in [-0.39, 0.29) is 5.97 Å². The molecule has 1 fully saturated rings. The van der Waals surface area contributed by atoms with E-state index in [9.17, 15) is 4.79 Å². The third-order valence-electron chi connectivity index (χ3n) is 3.72. The second kappa shape index (κ2) is 9.38. The summed E-state index contributed by atoms with van der Waals surface area (Å²) in [6.45, 7) is 6.44. The van der Waals surface area contributed by atoms with Gasteiger partial charge in [0.25, 0.3) is 0 Å². The van der Waals surface area contributed by atoms with Crippen LogP contribution in [0, 0.1) is 0 Å². The topological polar surface area (TPSA) is 38.8 Å². The third-order valence-corrected chi connectivity index (χ3v) is 3.72. The fraction of sp³-hybridized carbons (Fsp3) is 0.500. The number of esters is 1. The summed E-state index contributed by atoms with van der Waals surface area (Å²) in [5.41, 5.74) is 2.42. The molecule has 0 saturated carbocycles. The normalized spacial score (nSPS) is 16.5. The average Bonchev–Trinajstić information content (AvgIpc) is 2.55. The highest BCUT2D eigenvalue weighted by molar-refractivity contribution is 5.82. The summed E-state index contributed by atoms with van der Waals surface area (Å²) in [5.74, 6) is -0.237. The Morgan fingerprint density at radius 1 is 1.27 bits per heavy atom. The largest absolute Gasteiger partial charge is 0.463 e. The number of carbonyl (C=O) groups excluding carboxylic acids is 1. The monoisotopic (exact) mass is 303 g/mol. The van der Waals surface area contributed by atoms with E-state index in [0.29, 0.717) is 6.61 Å². The van der Waals surface area contributed by atoms with Crippen molar-refractivity contribution in [1.82, 2.24) is 4.90 Å². The third kappa shape index (κ3) is 6.00. The number of carbonyl (C=O) groups is 1. The van der Waals surface area contributed by atoms with E-state index < -0.39 is 0 Å². The molecular weight excluding hydrogens is 278 g/mol. The molecule has 120 valence electrons. The maximum atomic E-state index is 11.8. The van der Waals surface area contributed by atoms with Crippen LogP contribution >= 0.6 is 0 Å². The van der Waals surface area contributed by atoms with Gasteiger partial charge in [-0.3, -0.25) is 4.90 Å². The second-order valence-electron chi connectivity index (χ2n) is 5.43. The Morgan fingerprint density at radius 2 is 2.00 bits per heavy atom. The van der Waals surface area contributed by atoms with Crippen molar-refractivity contribution in [2.45, 2.75) is 19.8 Å². The molecule has 1 aromatic carbocycles. The highest BCUT2D eigenvalue weighted by Gasteiger charge is 2.13. The van der Waals surface area contributed by atoms with E-state index >= 15 is 0 Å². The molecule has 1 aliphatic rings. The summed E-state index contributed by atoms with van der Waals surface area (Å²) in [6.07, 6.45) is 3.48. The van der Waals surface area contributed by atoms with Crippen LogP contribution in [0.1, 0.15) is 18.9 Å². The van der Waals surface area contributed by atoms with Crippen LogP contribution in [-0.2, 0) is 20.7 Å². The average molecular weight is 303 g/mol. The quantitative estimate of drug-likeness (QED) is 0.573. The van der Waals surface area contributed by atoms with Crippen LogP contribution in [0.25, 0.3) is 0 Å². The van der Waals surface area contributed by atoms with Crippen molar-refractivity contribution in [3.05, 3.63) is 47.5 Å². The van der Waals surface area contributed by atoms with Crippen LogP contribution in [0.5, 0.6) is 0 Å². The zero-order valence-electron chi connectivity index (χ0n) is 13.3. The molecule has 0 aromatic heterocycles. The molecule has 4 nitrogen and oxygen atoms in total. The summed E-state index contributed by atoms with van der Waals surface area (Å²) in [4.78, 5) is 14.1. The zero-order chi connectivity index (χ0) is 15.6. The molecule has 0 atom stereocenters. The van der Waals surface area contributed by atoms with Gasteiger partial charge in [-0.2, -0.15) is 0 Å². The molecule has 1 saturated heterocycles. The molecule has 2 rings (SSSR count). The van der Waals surface area contributed by atoms with E-state index in [2.05, 4.69) is 17.0 Å². The molecular formula is C18H25NO3. The van der Waals surface area contributed by atoms with Gasteiger partial charge in [0.1, 0.15) is 0 Å². The molecule has 4 heteroatoms. The Balaban J connectivity index is 1.95. The number of morpholine rings is 1. The Labute approximate surface area is 132 Å². The fourth-order valence-corrected chi connectivity index (χ4v) is 2.54. The van der Waals surface area contributed by atoms with Crippen molar-refractivity contribution in [3.63, 3.8) is 0 Å². The Kier molecular flexibility index (Phi) is 7.13. The SMILES string of the molecule is CCOC(=O)/C=C(/CCc1ccccc1)CN1CCOCC1. The lowest BCUT2D eigenvalue weighted by atomic mass is 10.0. The second-order valence-corrected chi connectivity index (χ2v) is 5.43. The molecule has 1 aromatic rings. The van der Waals surface area contributed by atoms with Crippen molar-refractivity contribution >= 4 is 5.97 Å². The van der Waals surface area contributed by atoms with Crippen molar-refractivity contribution < 1.29 is 14.3 Å². The summed E-state index contributed by atoms with van der Waals surface area (Å²) in [5, 5.41) is 0. The number of benzene rings is 1. The van der Waals surface area contributed by atoms with Gasteiger partial charge in [-0.15, -0.1) is 0 Å². The van der Waals surface area contributed by atoms with Gasteiger partial charge in [0, 0.05) is 25.7 Å². The van der Waals surface area contributed by atoms with E-state index in [1.165, 1.54) is 5.56 Å². The van der Waals surface area contributed by atoms with E-state index in [1.807, 2.05) is 25.1 Å². The van der Waals surface area contributed by atoms with Gasteiger partial charge < -0.3 is 9.47 Å². The molecule has 0 N–H and O–H groups in total. The predicted molar refractivity (Wildman–Crippen MR) is 86.7 cm³/mol. The highest BCUT2D eigenvalue weighted by atomic mass is 16.5. The van der Waals surface area contributed by atoms with Crippen molar-refractivity contribution in [2.24, 2.45) is 0 Å². The first kappa shape index (κ1) is 16.7. The summed E-state index contributed by atoms with van der Waals surface area (Å²) < 4.78 is 10.4. The summed E-state index contributed by atoms with van der Waals surface area (Å²) >= 11 is 0. The van der Waals surface area contributed by atoms with Crippen LogP contribution in [0.4, 0.5) is 0 Å². The van der Waals surface area contributed by atoms with Gasteiger partial charge in [0.05, 0.1) is 19.8 Å². The standard InChI is InChI=1S/C18H25NO3/c1-2-22-18(20)14-17(15-19-10-12-21-13-11-19)9-8-16-6-4-3-5-7-16/h3-7,14H,2,8-13,15H2,1H3/b17-14-. The molecule has 1 heterocycles. The number of ether oxygens (including phenoxy) is 2. The lowest BCUT2D eigenvalue weighted by Gasteiger charge is -2.27. The lowest BCUT2D eigenvalue weighted by Crippen LogP contribution is -2.37. The van der Waals surface area contributed by atoms with E-state index in [4.69, 9.17) is 9.47 Å². The van der Waals surface area contributed by atoms with Crippen molar-refractivity contribution in [2.75, 3.05) is 39.5 Å². The van der Waals surface area contributed by atoms with Gasteiger partial charge >= 0.3 is 5.97 Å². The molecule has 1 aliphatic heterocycles. The summed E-state index contributed by atoms with van der Waals surface area (Å²) in [7, 11) is 0. The Bertz CT molecular complexity index is 478. The van der Waals surface area contributed by atoms with Gasteiger partial charge in [-0.05, 0) is 30.9 Å². The lowest BCUT2D eigenvalue weighted by molar-refractivity contribution is -0.137. The first-order chi connectivity index (χ1) is 10.8. The molecule has 0 aliphatic carbocycles.